The molecule has 2 heterocycles. The number of nitrogens with one attached hydrogen (secondary N) is 2. The Morgan fingerprint density at radius 1 is 1.60 bits per heavy atom. The molecule has 6 nitrogen and oxygen atoms in total. The molecule has 6 heteroatoms. The fraction of sp³-hybridized carbons (Fsp3) is 0.444. The summed E-state index contributed by atoms with van der Waals surface area (Å²) in [6.45, 7) is 2.79. The Balaban J connectivity index is 1.91. The van der Waals surface area contributed by atoms with Crippen molar-refractivity contribution in [3.63, 3.8) is 0 Å². The van der Waals surface area contributed by atoms with Gasteiger partial charge in [0.25, 0.3) is 0 Å². The summed E-state index contributed by atoms with van der Waals surface area (Å²) in [6.07, 6.45) is 5.32. The number of imidazole rings is 1. The van der Waals surface area contributed by atoms with Crippen molar-refractivity contribution in [2.75, 3.05) is 0 Å². The van der Waals surface area contributed by atoms with E-state index in [0.717, 1.165) is 18.1 Å². The lowest BCUT2D eigenvalue weighted by Gasteiger charge is -2.10. The van der Waals surface area contributed by atoms with Crippen molar-refractivity contribution in [1.82, 2.24) is 30.3 Å². The average molecular weight is 206 g/mol. The molecular weight excluding hydrogens is 192 g/mol. The van der Waals surface area contributed by atoms with Gasteiger partial charge >= 0.3 is 0 Å². The van der Waals surface area contributed by atoms with E-state index in [4.69, 9.17) is 0 Å². The van der Waals surface area contributed by atoms with Gasteiger partial charge in [-0.2, -0.15) is 0 Å². The molecule has 0 spiro atoms. The van der Waals surface area contributed by atoms with Gasteiger partial charge in [-0.15, -0.1) is 5.10 Å². The molecule has 2 aromatic rings. The lowest BCUT2D eigenvalue weighted by molar-refractivity contribution is 0.528. The van der Waals surface area contributed by atoms with E-state index in [0.29, 0.717) is 0 Å². The van der Waals surface area contributed by atoms with Gasteiger partial charge in [0, 0.05) is 26.0 Å². The van der Waals surface area contributed by atoms with E-state index < -0.39 is 0 Å². The van der Waals surface area contributed by atoms with Gasteiger partial charge in [0.15, 0.2) is 0 Å². The molecule has 0 bridgehead atoms. The van der Waals surface area contributed by atoms with Gasteiger partial charge in [-0.3, -0.25) is 4.68 Å². The maximum Gasteiger partial charge on any atom is 0.122 e. The molecule has 1 unspecified atom stereocenters. The first-order valence-electron chi connectivity index (χ1n) is 4.83. The number of hydrogen-bond donors (Lipinski definition) is 2. The van der Waals surface area contributed by atoms with Crippen LogP contribution in [-0.2, 0) is 13.6 Å². The van der Waals surface area contributed by atoms with E-state index in [9.17, 15) is 0 Å². The summed E-state index contributed by atoms with van der Waals surface area (Å²) in [5, 5.41) is 11.0. The molecule has 80 valence electrons. The van der Waals surface area contributed by atoms with Crippen LogP contribution in [0.15, 0.2) is 18.6 Å². The first-order valence-corrected chi connectivity index (χ1v) is 4.83. The topological polar surface area (TPSA) is 71.4 Å². The Kier molecular flexibility index (Phi) is 2.77. The maximum atomic E-state index is 4.18. The Labute approximate surface area is 87.7 Å². The highest BCUT2D eigenvalue weighted by molar-refractivity contribution is 4.97. The van der Waals surface area contributed by atoms with Crippen LogP contribution in [0, 0.1) is 0 Å². The molecule has 2 aromatic heterocycles. The van der Waals surface area contributed by atoms with Gasteiger partial charge in [0.1, 0.15) is 5.82 Å². The molecule has 0 fully saturated rings. The normalized spacial score (nSPS) is 12.9. The lowest BCUT2D eigenvalue weighted by atomic mass is 10.3. The van der Waals surface area contributed by atoms with Gasteiger partial charge in [-0.25, -0.2) is 4.98 Å². The molecule has 0 aliphatic heterocycles. The molecule has 2 rings (SSSR count). The fourth-order valence-electron chi connectivity index (χ4n) is 1.34. The first kappa shape index (κ1) is 9.85. The third kappa shape index (κ3) is 2.21. The molecule has 0 aromatic carbocycles. The number of aryl methyl sites for hydroxylation is 1. The predicted octanol–water partition coefficient (Wildman–Crippen LogP) is 0.389. The van der Waals surface area contributed by atoms with E-state index in [2.05, 4.69) is 32.5 Å². The second-order valence-electron chi connectivity index (χ2n) is 3.43. The smallest absolute Gasteiger partial charge is 0.122 e. The summed E-state index contributed by atoms with van der Waals surface area (Å²) in [7, 11) is 1.88. The molecule has 0 aliphatic rings. The molecule has 0 saturated heterocycles. The lowest BCUT2D eigenvalue weighted by Crippen LogP contribution is -2.20. The minimum Gasteiger partial charge on any atom is -0.347 e. The van der Waals surface area contributed by atoms with Crippen LogP contribution in [-0.4, -0.2) is 25.0 Å². The van der Waals surface area contributed by atoms with Crippen LogP contribution in [0.4, 0.5) is 0 Å². The highest BCUT2D eigenvalue weighted by Gasteiger charge is 2.07. The molecule has 0 saturated carbocycles. The Morgan fingerprint density at radius 3 is 3.07 bits per heavy atom. The second kappa shape index (κ2) is 4.22. The van der Waals surface area contributed by atoms with Crippen molar-refractivity contribution in [2.24, 2.45) is 7.05 Å². The van der Waals surface area contributed by atoms with Crippen molar-refractivity contribution in [3.05, 3.63) is 30.1 Å². The van der Waals surface area contributed by atoms with Crippen LogP contribution < -0.4 is 5.32 Å². The first-order chi connectivity index (χ1) is 7.27. The van der Waals surface area contributed by atoms with Crippen LogP contribution in [0.3, 0.4) is 0 Å². The second-order valence-corrected chi connectivity index (χ2v) is 3.43. The number of aromatic amines is 1. The van der Waals surface area contributed by atoms with Gasteiger partial charge in [-0.05, 0) is 6.92 Å². The predicted molar refractivity (Wildman–Crippen MR) is 54.8 cm³/mol. The zero-order chi connectivity index (χ0) is 10.7. The SMILES string of the molecule is CC(NCc1cnnn1C)c1ncc[nH]1. The molecule has 0 radical (unpaired) electrons. The van der Waals surface area contributed by atoms with Crippen molar-refractivity contribution >= 4 is 0 Å². The fourth-order valence-corrected chi connectivity index (χ4v) is 1.34. The summed E-state index contributed by atoms with van der Waals surface area (Å²) in [5.41, 5.74) is 1.05. The van der Waals surface area contributed by atoms with E-state index in [-0.39, 0.29) is 6.04 Å². The molecule has 0 aliphatic carbocycles. The average Bonchev–Trinajstić information content (AvgIpc) is 2.85. The summed E-state index contributed by atoms with van der Waals surface area (Å²) < 4.78 is 1.75. The summed E-state index contributed by atoms with van der Waals surface area (Å²) in [6, 6.07) is 0.190. The largest absolute Gasteiger partial charge is 0.347 e. The number of rotatable bonds is 4. The van der Waals surface area contributed by atoms with E-state index >= 15 is 0 Å². The summed E-state index contributed by atoms with van der Waals surface area (Å²) >= 11 is 0. The molecule has 2 N–H and O–H groups in total. The van der Waals surface area contributed by atoms with Gasteiger partial charge < -0.3 is 10.3 Å². The van der Waals surface area contributed by atoms with E-state index in [1.54, 1.807) is 17.1 Å². The highest BCUT2D eigenvalue weighted by atomic mass is 15.4. The zero-order valence-electron chi connectivity index (χ0n) is 8.81. The monoisotopic (exact) mass is 206 g/mol. The van der Waals surface area contributed by atoms with Crippen molar-refractivity contribution < 1.29 is 0 Å². The number of hydrogen-bond acceptors (Lipinski definition) is 4. The quantitative estimate of drug-likeness (QED) is 0.759. The third-order valence-corrected chi connectivity index (χ3v) is 2.33. The van der Waals surface area contributed by atoms with Crippen LogP contribution >= 0.6 is 0 Å². The van der Waals surface area contributed by atoms with Crippen LogP contribution in [0.25, 0.3) is 0 Å². The van der Waals surface area contributed by atoms with Crippen molar-refractivity contribution in [1.29, 1.82) is 0 Å². The van der Waals surface area contributed by atoms with Crippen LogP contribution in [0.2, 0.25) is 0 Å². The summed E-state index contributed by atoms with van der Waals surface area (Å²) in [5.74, 6) is 0.935. The van der Waals surface area contributed by atoms with Crippen LogP contribution in [0.1, 0.15) is 24.5 Å². The molecule has 15 heavy (non-hydrogen) atoms. The minimum absolute atomic E-state index is 0.190. The maximum absolute atomic E-state index is 4.18. The Bertz CT molecular complexity index is 404. The van der Waals surface area contributed by atoms with Crippen LogP contribution in [0.5, 0.6) is 0 Å². The van der Waals surface area contributed by atoms with Gasteiger partial charge in [0.05, 0.1) is 17.9 Å². The highest BCUT2D eigenvalue weighted by Crippen LogP contribution is 2.06. The van der Waals surface area contributed by atoms with Gasteiger partial charge in [-0.1, -0.05) is 5.21 Å². The Morgan fingerprint density at radius 2 is 2.47 bits per heavy atom. The van der Waals surface area contributed by atoms with Crippen molar-refractivity contribution in [3.8, 4) is 0 Å². The van der Waals surface area contributed by atoms with Crippen molar-refractivity contribution in [2.45, 2.75) is 19.5 Å². The number of nitrogens with zero attached hydrogens (tertiary/aromatic N) is 4. The molecular formula is C9H14N6. The molecule has 0 amide bonds. The zero-order valence-corrected chi connectivity index (χ0v) is 8.81. The Hall–Kier alpha value is -1.69. The summed E-state index contributed by atoms with van der Waals surface area (Å²) in [4.78, 5) is 7.25. The molecule has 1 atom stereocenters. The number of H-pyrrole nitrogens is 1. The van der Waals surface area contributed by atoms with E-state index in [1.807, 2.05) is 13.2 Å². The van der Waals surface area contributed by atoms with Gasteiger partial charge in [0.2, 0.25) is 0 Å². The van der Waals surface area contributed by atoms with E-state index in [1.165, 1.54) is 0 Å². The third-order valence-electron chi connectivity index (χ3n) is 2.33. The standard InChI is InChI=1S/C9H14N6/c1-7(9-10-3-4-11-9)12-5-8-6-13-14-15(8)2/h3-4,6-7,12H,5H2,1-2H3,(H,10,11). The number of aromatic nitrogens is 5. The minimum atomic E-state index is 0.190.